The van der Waals surface area contributed by atoms with Crippen LogP contribution in [0.2, 0.25) is 0 Å². The van der Waals surface area contributed by atoms with E-state index in [4.69, 9.17) is 0 Å². The summed E-state index contributed by atoms with van der Waals surface area (Å²) in [6.45, 7) is 3.22. The molecule has 14 nitrogen and oxygen atoms in total. The van der Waals surface area contributed by atoms with Gasteiger partial charge >= 0.3 is 0 Å². The Morgan fingerprint density at radius 2 is 1.15 bits per heavy atom. The fraction of sp³-hybridized carbons (Fsp3) is 0.209. The zero-order chi connectivity index (χ0) is 41.1. The van der Waals surface area contributed by atoms with Gasteiger partial charge in [0.15, 0.2) is 19.7 Å². The summed E-state index contributed by atoms with van der Waals surface area (Å²) in [6.07, 6.45) is 14.7. The lowest BCUT2D eigenvalue weighted by atomic mass is 9.99. The Bertz CT molecular complexity index is 3010. The molecule has 0 saturated heterocycles. The van der Waals surface area contributed by atoms with Crippen LogP contribution in [0, 0.1) is 0 Å². The van der Waals surface area contributed by atoms with Crippen molar-refractivity contribution in [2.45, 2.75) is 43.1 Å². The molecule has 0 radical (unpaired) electrons. The summed E-state index contributed by atoms with van der Waals surface area (Å²) < 4.78 is 47.6. The van der Waals surface area contributed by atoms with Crippen molar-refractivity contribution in [1.29, 1.82) is 0 Å². The fourth-order valence-corrected chi connectivity index (χ4v) is 8.88. The zero-order valence-electron chi connectivity index (χ0n) is 32.1. The molecule has 8 heterocycles. The topological polar surface area (TPSA) is 192 Å². The van der Waals surface area contributed by atoms with Gasteiger partial charge in [0.2, 0.25) is 0 Å². The van der Waals surface area contributed by atoms with Crippen LogP contribution in [0.15, 0.2) is 125 Å². The largest absolute Gasteiger partial charge is 0.366 e. The normalized spacial score (nSPS) is 13.6. The number of pyridine rings is 2. The molecule has 2 aromatic carbocycles. The molecule has 0 amide bonds. The summed E-state index contributed by atoms with van der Waals surface area (Å²) in [5.41, 5.74) is 10.7. The van der Waals surface area contributed by atoms with Gasteiger partial charge < -0.3 is 20.2 Å². The molecule has 8 aromatic rings. The lowest BCUT2D eigenvalue weighted by Gasteiger charge is -2.31. The van der Waals surface area contributed by atoms with E-state index in [1.165, 1.54) is 12.5 Å². The van der Waals surface area contributed by atoms with Gasteiger partial charge in [0.05, 0.1) is 32.6 Å². The quantitative estimate of drug-likeness (QED) is 0.158. The summed E-state index contributed by atoms with van der Waals surface area (Å²) in [7, 11) is -6.39. The minimum Gasteiger partial charge on any atom is -0.366 e. The Morgan fingerprint density at radius 3 is 1.73 bits per heavy atom. The lowest BCUT2D eigenvalue weighted by molar-refractivity contribution is 0.600. The number of benzene rings is 2. The highest BCUT2D eigenvalue weighted by Crippen LogP contribution is 2.33. The molecule has 2 aliphatic rings. The number of fused-ring (bicyclic) bond motifs is 4. The molecular weight excluding hydrogens is 865 g/mol. The maximum atomic E-state index is 11.8. The molecule has 308 valence electrons. The van der Waals surface area contributed by atoms with Crippen LogP contribution in [-0.2, 0) is 45.6 Å². The van der Waals surface area contributed by atoms with Crippen LogP contribution in [0.3, 0.4) is 0 Å². The average Bonchev–Trinajstić information content (AvgIpc) is 3.94. The standard InChI is InChI=1S/C21H19N5O2S.C14H15N3O2S.C7H5BrN2.CH4/c1-29(27,28)15-4-2-14(3-5-15)20-17-12-26(11-8-18(17)24-13-25-20)19-7-10-23-21-16(19)6-9-22-21;1-20(18,19)11-4-2-10(3-5-11)14-12-8-15-7-6-13(12)16-9-17-14;8-6-2-4-10-7-5(6)1-3-9-7;/h2-7,9-10,13H,8,11-12H2,1H3,(H,22,23);2-5,9,15H,6-8H2,1H3;1-4H,(H,9,10);1H4. The summed E-state index contributed by atoms with van der Waals surface area (Å²) in [6, 6.07) is 21.7. The molecule has 3 N–H and O–H groups in total. The van der Waals surface area contributed by atoms with Crippen molar-refractivity contribution in [3.63, 3.8) is 0 Å². The van der Waals surface area contributed by atoms with E-state index >= 15 is 0 Å². The molecule has 0 bridgehead atoms. The third-order valence-corrected chi connectivity index (χ3v) is 13.1. The van der Waals surface area contributed by atoms with Crippen molar-refractivity contribution in [2.75, 3.05) is 30.5 Å². The molecule has 0 atom stereocenters. The highest BCUT2D eigenvalue weighted by atomic mass is 79.9. The smallest absolute Gasteiger partial charge is 0.175 e. The van der Waals surface area contributed by atoms with Crippen molar-refractivity contribution in [3.05, 3.63) is 137 Å². The Hall–Kier alpha value is -5.88. The van der Waals surface area contributed by atoms with E-state index in [0.29, 0.717) is 16.3 Å². The zero-order valence-corrected chi connectivity index (χ0v) is 35.3. The predicted octanol–water partition coefficient (Wildman–Crippen LogP) is 7.14. The van der Waals surface area contributed by atoms with Crippen molar-refractivity contribution in [2.24, 2.45) is 0 Å². The first-order valence-electron chi connectivity index (χ1n) is 18.7. The number of rotatable bonds is 5. The van der Waals surface area contributed by atoms with E-state index < -0.39 is 19.7 Å². The minimum atomic E-state index is -3.23. The van der Waals surface area contributed by atoms with E-state index in [2.05, 4.69) is 66.0 Å². The van der Waals surface area contributed by atoms with Gasteiger partial charge in [-0.25, -0.2) is 46.7 Å². The molecule has 17 heteroatoms. The van der Waals surface area contributed by atoms with Gasteiger partial charge in [-0.2, -0.15) is 0 Å². The van der Waals surface area contributed by atoms with Crippen molar-refractivity contribution in [1.82, 2.24) is 45.2 Å². The van der Waals surface area contributed by atoms with Gasteiger partial charge in [-0.3, -0.25) is 0 Å². The number of nitrogens with one attached hydrogen (secondary N) is 3. The highest BCUT2D eigenvalue weighted by Gasteiger charge is 2.24. The molecule has 60 heavy (non-hydrogen) atoms. The van der Waals surface area contributed by atoms with E-state index in [1.54, 1.807) is 55.2 Å². The van der Waals surface area contributed by atoms with Crippen molar-refractivity contribution < 1.29 is 16.8 Å². The maximum absolute atomic E-state index is 11.8. The van der Waals surface area contributed by atoms with Crippen LogP contribution in [0.25, 0.3) is 44.6 Å². The lowest BCUT2D eigenvalue weighted by Crippen LogP contribution is -2.31. The monoisotopic (exact) mass is 906 g/mol. The number of sulfone groups is 2. The predicted molar refractivity (Wildman–Crippen MR) is 238 cm³/mol. The van der Waals surface area contributed by atoms with Gasteiger partial charge in [0, 0.05) is 120 Å². The van der Waals surface area contributed by atoms with Gasteiger partial charge in [-0.15, -0.1) is 0 Å². The SMILES string of the molecule is Brc1ccnc2[nH]ccc12.C.CS(=O)(=O)c1ccc(-c2ncnc3c2CN(c2ccnc4[nH]ccc24)CC3)cc1.CS(=O)(=O)c1ccc(-c2ncnc3c2CNCC3)cc1. The van der Waals surface area contributed by atoms with E-state index in [1.807, 2.05) is 55.0 Å². The van der Waals surface area contributed by atoms with Gasteiger partial charge in [-0.1, -0.05) is 31.7 Å². The molecule has 10 rings (SSSR count). The number of H-pyrrole nitrogens is 2. The number of halogens is 1. The maximum Gasteiger partial charge on any atom is 0.175 e. The molecule has 6 aromatic heterocycles. The Labute approximate surface area is 357 Å². The number of hydrogen-bond acceptors (Lipinski definition) is 12. The third-order valence-electron chi connectivity index (χ3n) is 10.2. The summed E-state index contributed by atoms with van der Waals surface area (Å²) >= 11 is 3.42. The second-order valence-electron chi connectivity index (χ2n) is 14.1. The fourth-order valence-electron chi connectivity index (χ4n) is 7.18. The van der Waals surface area contributed by atoms with Crippen LogP contribution in [-0.4, -0.2) is 82.3 Å². The van der Waals surface area contributed by atoms with Gasteiger partial charge in [0.1, 0.15) is 23.9 Å². The Kier molecular flexibility index (Phi) is 12.5. The number of anilines is 1. The summed E-state index contributed by atoms with van der Waals surface area (Å²) in [5.74, 6) is 0. The van der Waals surface area contributed by atoms with E-state index in [-0.39, 0.29) is 7.43 Å². The van der Waals surface area contributed by atoms with Gasteiger partial charge in [-0.05, 0) is 64.5 Å². The second kappa shape index (κ2) is 17.8. The molecular formula is C43H43BrN10O4S2. The number of hydrogen-bond donors (Lipinski definition) is 3. The third kappa shape index (κ3) is 9.13. The van der Waals surface area contributed by atoms with Crippen LogP contribution >= 0.6 is 15.9 Å². The van der Waals surface area contributed by atoms with Crippen molar-refractivity contribution >= 4 is 63.4 Å². The average molecular weight is 908 g/mol. The summed E-state index contributed by atoms with van der Waals surface area (Å²) in [5, 5.41) is 5.53. The first kappa shape index (κ1) is 42.3. The molecule has 0 unspecified atom stereocenters. The van der Waals surface area contributed by atoms with E-state index in [0.717, 1.165) is 110 Å². The number of nitrogens with zero attached hydrogens (tertiary/aromatic N) is 7. The Morgan fingerprint density at radius 1 is 0.617 bits per heavy atom. The van der Waals surface area contributed by atoms with Crippen LogP contribution in [0.4, 0.5) is 5.69 Å². The van der Waals surface area contributed by atoms with Crippen LogP contribution < -0.4 is 10.2 Å². The molecule has 0 spiro atoms. The molecule has 0 fully saturated rings. The van der Waals surface area contributed by atoms with Crippen LogP contribution in [0.5, 0.6) is 0 Å². The first-order valence-corrected chi connectivity index (χ1v) is 23.2. The van der Waals surface area contributed by atoms with E-state index in [9.17, 15) is 16.8 Å². The molecule has 2 aliphatic heterocycles. The Balaban J connectivity index is 0.000000151. The number of aromatic nitrogens is 8. The second-order valence-corrected chi connectivity index (χ2v) is 19.0. The highest BCUT2D eigenvalue weighted by molar-refractivity contribution is 9.10. The molecule has 0 aliphatic carbocycles. The van der Waals surface area contributed by atoms with Crippen LogP contribution in [0.1, 0.15) is 29.9 Å². The first-order chi connectivity index (χ1) is 28.4. The molecule has 0 saturated carbocycles. The summed E-state index contributed by atoms with van der Waals surface area (Å²) in [4.78, 5) is 35.3. The minimum absolute atomic E-state index is 0. The number of aromatic amines is 2. The van der Waals surface area contributed by atoms with Gasteiger partial charge in [0.25, 0.3) is 0 Å². The van der Waals surface area contributed by atoms with Crippen molar-refractivity contribution in [3.8, 4) is 22.5 Å².